The third kappa shape index (κ3) is 2.39. The number of nitrogens with zero attached hydrogens (tertiary/aromatic N) is 1. The lowest BCUT2D eigenvalue weighted by Gasteiger charge is -2.30. The summed E-state index contributed by atoms with van der Waals surface area (Å²) < 4.78 is 0. The van der Waals surface area contributed by atoms with Gasteiger partial charge in [-0.05, 0) is 43.9 Å². The number of hydrogen-bond acceptors (Lipinski definition) is 2. The molecule has 0 aromatic heterocycles. The molecule has 3 nitrogen and oxygen atoms in total. The predicted octanol–water partition coefficient (Wildman–Crippen LogP) is 1.61. The van der Waals surface area contributed by atoms with Crippen LogP contribution in [0.5, 0.6) is 0 Å². The van der Waals surface area contributed by atoms with Crippen LogP contribution in [0.3, 0.4) is 0 Å². The Hall–Kier alpha value is -1.35. The van der Waals surface area contributed by atoms with Crippen LogP contribution in [-0.2, 0) is 17.6 Å². The van der Waals surface area contributed by atoms with E-state index in [0.29, 0.717) is 5.91 Å². The van der Waals surface area contributed by atoms with Crippen molar-refractivity contribution in [3.8, 4) is 0 Å². The topological polar surface area (TPSA) is 32.3 Å². The summed E-state index contributed by atoms with van der Waals surface area (Å²) in [5.41, 5.74) is 2.64. The number of nitrogens with one attached hydrogen (secondary N) is 1. The highest BCUT2D eigenvalue weighted by molar-refractivity contribution is 5.83. The highest BCUT2D eigenvalue weighted by Gasteiger charge is 2.39. The van der Waals surface area contributed by atoms with Crippen molar-refractivity contribution in [2.24, 2.45) is 5.41 Å². The molecule has 0 radical (unpaired) electrons. The molecule has 1 aromatic carbocycles. The van der Waals surface area contributed by atoms with E-state index in [-0.39, 0.29) is 5.41 Å². The molecule has 1 aromatic rings. The van der Waals surface area contributed by atoms with Crippen molar-refractivity contribution in [1.29, 1.82) is 0 Å². The van der Waals surface area contributed by atoms with Crippen LogP contribution < -0.4 is 5.32 Å². The Bertz CT molecular complexity index is 450. The van der Waals surface area contributed by atoms with Gasteiger partial charge in [-0.25, -0.2) is 0 Å². The monoisotopic (exact) mass is 258 g/mol. The van der Waals surface area contributed by atoms with Gasteiger partial charge in [0.1, 0.15) is 0 Å². The van der Waals surface area contributed by atoms with Gasteiger partial charge in [-0.1, -0.05) is 24.3 Å². The Labute approximate surface area is 115 Å². The van der Waals surface area contributed by atoms with Gasteiger partial charge in [0.25, 0.3) is 0 Å². The molecule has 0 bridgehead atoms. The Kier molecular flexibility index (Phi) is 3.31. The van der Waals surface area contributed by atoms with Gasteiger partial charge in [-0.3, -0.25) is 4.79 Å². The Balaban J connectivity index is 1.73. The zero-order valence-corrected chi connectivity index (χ0v) is 11.6. The highest BCUT2D eigenvalue weighted by atomic mass is 16.2. The van der Waals surface area contributed by atoms with Gasteiger partial charge in [0.05, 0.1) is 5.41 Å². The van der Waals surface area contributed by atoms with Crippen LogP contribution in [0.4, 0.5) is 0 Å². The quantitative estimate of drug-likeness (QED) is 0.830. The molecule has 1 atom stereocenters. The summed E-state index contributed by atoms with van der Waals surface area (Å²) in [4.78, 5) is 14.8. The zero-order valence-electron chi connectivity index (χ0n) is 11.6. The molecule has 1 amide bonds. The third-order valence-electron chi connectivity index (χ3n) is 4.59. The number of benzene rings is 1. The van der Waals surface area contributed by atoms with E-state index in [1.807, 2.05) is 0 Å². The van der Waals surface area contributed by atoms with E-state index in [0.717, 1.165) is 45.4 Å². The molecule has 3 heteroatoms. The maximum Gasteiger partial charge on any atom is 0.229 e. The van der Waals surface area contributed by atoms with E-state index in [1.54, 1.807) is 0 Å². The van der Waals surface area contributed by atoms with Gasteiger partial charge in [-0.15, -0.1) is 0 Å². The molecule has 2 aliphatic heterocycles. The van der Waals surface area contributed by atoms with Crippen molar-refractivity contribution < 1.29 is 4.79 Å². The zero-order chi connectivity index (χ0) is 13.3. The summed E-state index contributed by atoms with van der Waals surface area (Å²) in [5, 5.41) is 3.32. The largest absolute Gasteiger partial charge is 0.342 e. The van der Waals surface area contributed by atoms with Crippen molar-refractivity contribution in [1.82, 2.24) is 10.2 Å². The van der Waals surface area contributed by atoms with Crippen LogP contribution in [0, 0.1) is 5.41 Å². The molecule has 0 spiro atoms. The number of carbonyl (C=O) groups is 1. The molecule has 0 aliphatic carbocycles. The minimum Gasteiger partial charge on any atom is -0.342 e. The maximum absolute atomic E-state index is 12.7. The Morgan fingerprint density at radius 2 is 1.84 bits per heavy atom. The number of carbonyl (C=O) groups excluding carboxylic acids is 1. The lowest BCUT2D eigenvalue weighted by Crippen LogP contribution is -2.44. The second kappa shape index (κ2) is 4.97. The summed E-state index contributed by atoms with van der Waals surface area (Å²) >= 11 is 0. The first-order chi connectivity index (χ1) is 9.19. The lowest BCUT2D eigenvalue weighted by atomic mass is 9.88. The van der Waals surface area contributed by atoms with E-state index in [4.69, 9.17) is 0 Å². The van der Waals surface area contributed by atoms with Gasteiger partial charge in [0.2, 0.25) is 5.91 Å². The normalized spacial score (nSPS) is 26.9. The minimum absolute atomic E-state index is 0.184. The smallest absolute Gasteiger partial charge is 0.229 e. The van der Waals surface area contributed by atoms with E-state index in [1.165, 1.54) is 11.1 Å². The standard InChI is InChI=1S/C16H22N2O/c1-16(8-9-17-12-16)15(19)18-10-6-13-4-2-3-5-14(13)7-11-18/h2-5,17H,6-12H2,1H3. The fourth-order valence-electron chi connectivity index (χ4n) is 3.25. The molecule has 102 valence electrons. The second-order valence-electron chi connectivity index (χ2n) is 6.05. The fraction of sp³-hybridized carbons (Fsp3) is 0.562. The first-order valence-corrected chi connectivity index (χ1v) is 7.26. The summed E-state index contributed by atoms with van der Waals surface area (Å²) in [6.07, 6.45) is 2.95. The Morgan fingerprint density at radius 1 is 1.21 bits per heavy atom. The van der Waals surface area contributed by atoms with Crippen LogP contribution in [0.15, 0.2) is 24.3 Å². The molecular formula is C16H22N2O. The average molecular weight is 258 g/mol. The van der Waals surface area contributed by atoms with Crippen molar-refractivity contribution >= 4 is 5.91 Å². The second-order valence-corrected chi connectivity index (χ2v) is 6.05. The fourth-order valence-corrected chi connectivity index (χ4v) is 3.25. The van der Waals surface area contributed by atoms with Gasteiger partial charge in [0, 0.05) is 19.6 Å². The molecule has 2 heterocycles. The van der Waals surface area contributed by atoms with Crippen molar-refractivity contribution in [2.45, 2.75) is 26.2 Å². The first-order valence-electron chi connectivity index (χ1n) is 7.26. The van der Waals surface area contributed by atoms with E-state index < -0.39 is 0 Å². The number of hydrogen-bond donors (Lipinski definition) is 1. The van der Waals surface area contributed by atoms with Crippen LogP contribution in [0.1, 0.15) is 24.5 Å². The number of rotatable bonds is 1. The van der Waals surface area contributed by atoms with Gasteiger partial charge in [-0.2, -0.15) is 0 Å². The average Bonchev–Trinajstić information content (AvgIpc) is 2.76. The van der Waals surface area contributed by atoms with Gasteiger partial charge < -0.3 is 10.2 Å². The van der Waals surface area contributed by atoms with Gasteiger partial charge >= 0.3 is 0 Å². The molecule has 19 heavy (non-hydrogen) atoms. The number of amides is 1. The van der Waals surface area contributed by atoms with Crippen LogP contribution in [-0.4, -0.2) is 37.0 Å². The SMILES string of the molecule is CC1(C(=O)N2CCc3ccccc3CC2)CCNC1. The van der Waals surface area contributed by atoms with Crippen LogP contribution >= 0.6 is 0 Å². The Morgan fingerprint density at radius 3 is 2.37 bits per heavy atom. The summed E-state index contributed by atoms with van der Waals surface area (Å²) in [7, 11) is 0. The van der Waals surface area contributed by atoms with Crippen molar-refractivity contribution in [3.63, 3.8) is 0 Å². The minimum atomic E-state index is -0.184. The van der Waals surface area contributed by atoms with Crippen LogP contribution in [0.25, 0.3) is 0 Å². The predicted molar refractivity (Wildman–Crippen MR) is 76.0 cm³/mol. The third-order valence-corrected chi connectivity index (χ3v) is 4.59. The molecule has 1 fully saturated rings. The molecule has 3 rings (SSSR count). The molecule has 2 aliphatic rings. The highest BCUT2D eigenvalue weighted by Crippen LogP contribution is 2.28. The summed E-state index contributed by atoms with van der Waals surface area (Å²) in [5.74, 6) is 0.338. The van der Waals surface area contributed by atoms with Crippen LogP contribution in [0.2, 0.25) is 0 Å². The summed E-state index contributed by atoms with van der Waals surface area (Å²) in [6, 6.07) is 8.58. The van der Waals surface area contributed by atoms with Crippen molar-refractivity contribution in [3.05, 3.63) is 35.4 Å². The maximum atomic E-state index is 12.7. The lowest BCUT2D eigenvalue weighted by molar-refractivity contribution is -0.140. The van der Waals surface area contributed by atoms with E-state index in [2.05, 4.69) is 41.4 Å². The van der Waals surface area contributed by atoms with Gasteiger partial charge in [0.15, 0.2) is 0 Å². The molecule has 1 N–H and O–H groups in total. The van der Waals surface area contributed by atoms with E-state index >= 15 is 0 Å². The summed E-state index contributed by atoms with van der Waals surface area (Å²) in [6.45, 7) is 5.63. The molecule has 1 saturated heterocycles. The number of fused-ring (bicyclic) bond motifs is 1. The van der Waals surface area contributed by atoms with Crippen molar-refractivity contribution in [2.75, 3.05) is 26.2 Å². The molecular weight excluding hydrogens is 236 g/mol. The first kappa shape index (κ1) is 12.7. The molecule has 0 saturated carbocycles. The van der Waals surface area contributed by atoms with E-state index in [9.17, 15) is 4.79 Å². The molecule has 1 unspecified atom stereocenters.